The Hall–Kier alpha value is -1.22. The maximum Gasteiger partial charge on any atom is 0.120 e. The van der Waals surface area contributed by atoms with E-state index >= 15 is 0 Å². The standard InChI is InChI=1S/C16H17Cl2NO/c1-3-19-16(11-4-6-12(17)7-5-11)14-9-8-13(20-2)10-15(14)18/h4-10,16,19H,3H2,1-2H3. The van der Waals surface area contributed by atoms with Gasteiger partial charge in [0.05, 0.1) is 13.2 Å². The quantitative estimate of drug-likeness (QED) is 0.864. The Balaban J connectivity index is 2.40. The number of ether oxygens (including phenoxy) is 1. The molecule has 2 aromatic rings. The zero-order valence-electron chi connectivity index (χ0n) is 11.5. The van der Waals surface area contributed by atoms with E-state index in [1.807, 2.05) is 42.5 Å². The minimum atomic E-state index is 0.0377. The Morgan fingerprint density at radius 1 is 1.10 bits per heavy atom. The molecular weight excluding hydrogens is 293 g/mol. The molecule has 1 atom stereocenters. The van der Waals surface area contributed by atoms with Crippen LogP contribution in [0.5, 0.6) is 5.75 Å². The Morgan fingerprint density at radius 3 is 2.35 bits per heavy atom. The van der Waals surface area contributed by atoms with Gasteiger partial charge in [-0.05, 0) is 41.9 Å². The van der Waals surface area contributed by atoms with Crippen molar-refractivity contribution in [2.75, 3.05) is 13.7 Å². The normalized spacial score (nSPS) is 12.2. The fourth-order valence-corrected chi connectivity index (χ4v) is 2.54. The van der Waals surface area contributed by atoms with Crippen molar-refractivity contribution in [1.29, 1.82) is 0 Å². The summed E-state index contributed by atoms with van der Waals surface area (Å²) in [5.74, 6) is 0.755. The van der Waals surface area contributed by atoms with Gasteiger partial charge in [-0.3, -0.25) is 0 Å². The minimum Gasteiger partial charge on any atom is -0.497 e. The average molecular weight is 310 g/mol. The summed E-state index contributed by atoms with van der Waals surface area (Å²) in [6.07, 6.45) is 0. The van der Waals surface area contributed by atoms with E-state index in [-0.39, 0.29) is 6.04 Å². The number of benzene rings is 2. The van der Waals surface area contributed by atoms with Gasteiger partial charge in [0.15, 0.2) is 0 Å². The van der Waals surface area contributed by atoms with Crippen LogP contribution in [-0.4, -0.2) is 13.7 Å². The highest BCUT2D eigenvalue weighted by atomic mass is 35.5. The van der Waals surface area contributed by atoms with Crippen molar-refractivity contribution in [2.45, 2.75) is 13.0 Å². The molecule has 106 valence electrons. The van der Waals surface area contributed by atoms with Crippen LogP contribution in [0.15, 0.2) is 42.5 Å². The molecule has 2 nitrogen and oxygen atoms in total. The highest BCUT2D eigenvalue weighted by Crippen LogP contribution is 2.31. The molecule has 0 aromatic heterocycles. The molecule has 0 fully saturated rings. The maximum absolute atomic E-state index is 6.37. The van der Waals surface area contributed by atoms with Crippen molar-refractivity contribution in [3.63, 3.8) is 0 Å². The largest absolute Gasteiger partial charge is 0.497 e. The summed E-state index contributed by atoms with van der Waals surface area (Å²) >= 11 is 12.3. The molecule has 4 heteroatoms. The first kappa shape index (κ1) is 15.2. The third kappa shape index (κ3) is 3.45. The van der Waals surface area contributed by atoms with Crippen LogP contribution in [0.2, 0.25) is 10.0 Å². The zero-order chi connectivity index (χ0) is 14.5. The van der Waals surface area contributed by atoms with Crippen LogP contribution in [0.3, 0.4) is 0 Å². The summed E-state index contributed by atoms with van der Waals surface area (Å²) in [4.78, 5) is 0. The molecule has 0 amide bonds. The van der Waals surface area contributed by atoms with Gasteiger partial charge in [-0.1, -0.05) is 48.3 Å². The van der Waals surface area contributed by atoms with Gasteiger partial charge in [-0.15, -0.1) is 0 Å². The van der Waals surface area contributed by atoms with E-state index in [1.165, 1.54) is 0 Å². The van der Waals surface area contributed by atoms with Crippen LogP contribution in [0, 0.1) is 0 Å². The Kier molecular flexibility index (Phi) is 5.30. The van der Waals surface area contributed by atoms with Crippen molar-refractivity contribution in [2.24, 2.45) is 0 Å². The van der Waals surface area contributed by atoms with Crippen LogP contribution in [0.4, 0.5) is 0 Å². The summed E-state index contributed by atoms with van der Waals surface area (Å²) in [6.45, 7) is 2.91. The van der Waals surface area contributed by atoms with Gasteiger partial charge < -0.3 is 10.1 Å². The van der Waals surface area contributed by atoms with Crippen molar-refractivity contribution in [3.8, 4) is 5.75 Å². The van der Waals surface area contributed by atoms with E-state index in [0.717, 1.165) is 28.4 Å². The van der Waals surface area contributed by atoms with E-state index in [1.54, 1.807) is 7.11 Å². The summed E-state index contributed by atoms with van der Waals surface area (Å²) in [6, 6.07) is 13.6. The number of halogens is 2. The first-order valence-electron chi connectivity index (χ1n) is 6.48. The van der Waals surface area contributed by atoms with Crippen LogP contribution < -0.4 is 10.1 Å². The first-order chi connectivity index (χ1) is 9.65. The maximum atomic E-state index is 6.37. The van der Waals surface area contributed by atoms with Crippen LogP contribution in [-0.2, 0) is 0 Å². The zero-order valence-corrected chi connectivity index (χ0v) is 13.0. The first-order valence-corrected chi connectivity index (χ1v) is 7.23. The van der Waals surface area contributed by atoms with Crippen molar-refractivity contribution in [1.82, 2.24) is 5.32 Å². The SMILES string of the molecule is CCNC(c1ccc(Cl)cc1)c1ccc(OC)cc1Cl. The average Bonchev–Trinajstić information content (AvgIpc) is 2.46. The van der Waals surface area contributed by atoms with Crippen LogP contribution in [0.1, 0.15) is 24.1 Å². The van der Waals surface area contributed by atoms with E-state index in [9.17, 15) is 0 Å². The molecule has 0 aliphatic carbocycles. The van der Waals surface area contributed by atoms with E-state index in [0.29, 0.717) is 5.02 Å². The second kappa shape index (κ2) is 6.98. The number of rotatable bonds is 5. The monoisotopic (exact) mass is 309 g/mol. The van der Waals surface area contributed by atoms with Crippen molar-refractivity contribution < 1.29 is 4.74 Å². The third-order valence-electron chi connectivity index (χ3n) is 3.13. The molecule has 1 unspecified atom stereocenters. The third-order valence-corrected chi connectivity index (χ3v) is 3.71. The Morgan fingerprint density at radius 2 is 1.80 bits per heavy atom. The summed E-state index contributed by atoms with van der Waals surface area (Å²) < 4.78 is 5.19. The molecule has 2 rings (SSSR count). The molecule has 0 spiro atoms. The summed E-state index contributed by atoms with van der Waals surface area (Å²) in [7, 11) is 1.63. The molecular formula is C16H17Cl2NO. The second-order valence-corrected chi connectivity index (χ2v) is 5.27. The van der Waals surface area contributed by atoms with Gasteiger partial charge in [0, 0.05) is 10.0 Å². The topological polar surface area (TPSA) is 21.3 Å². The number of nitrogens with one attached hydrogen (secondary N) is 1. The lowest BCUT2D eigenvalue weighted by Gasteiger charge is -2.20. The summed E-state index contributed by atoms with van der Waals surface area (Å²) in [5.41, 5.74) is 2.15. The second-order valence-electron chi connectivity index (χ2n) is 4.43. The summed E-state index contributed by atoms with van der Waals surface area (Å²) in [5, 5.41) is 4.86. The molecule has 0 radical (unpaired) electrons. The minimum absolute atomic E-state index is 0.0377. The highest BCUT2D eigenvalue weighted by molar-refractivity contribution is 6.31. The molecule has 0 aliphatic rings. The van der Waals surface area contributed by atoms with Crippen molar-refractivity contribution in [3.05, 3.63) is 63.6 Å². The number of methoxy groups -OCH3 is 1. The van der Waals surface area contributed by atoms with E-state index < -0.39 is 0 Å². The molecule has 0 heterocycles. The Bertz CT molecular complexity index is 569. The van der Waals surface area contributed by atoms with Gasteiger partial charge in [0.25, 0.3) is 0 Å². The van der Waals surface area contributed by atoms with Crippen LogP contribution >= 0.6 is 23.2 Å². The lowest BCUT2D eigenvalue weighted by Crippen LogP contribution is -2.22. The lowest BCUT2D eigenvalue weighted by molar-refractivity contribution is 0.414. The fourth-order valence-electron chi connectivity index (χ4n) is 2.14. The number of hydrogen-bond acceptors (Lipinski definition) is 2. The molecule has 20 heavy (non-hydrogen) atoms. The van der Waals surface area contributed by atoms with E-state index in [2.05, 4.69) is 12.2 Å². The van der Waals surface area contributed by atoms with Crippen molar-refractivity contribution >= 4 is 23.2 Å². The van der Waals surface area contributed by atoms with Gasteiger partial charge >= 0.3 is 0 Å². The Labute approximate surface area is 129 Å². The molecule has 2 aromatic carbocycles. The molecule has 0 saturated carbocycles. The predicted octanol–water partition coefficient (Wildman–Crippen LogP) is 4.70. The smallest absolute Gasteiger partial charge is 0.120 e. The van der Waals surface area contributed by atoms with Gasteiger partial charge in [-0.2, -0.15) is 0 Å². The van der Waals surface area contributed by atoms with Gasteiger partial charge in [0.1, 0.15) is 5.75 Å². The predicted molar refractivity (Wildman–Crippen MR) is 85.0 cm³/mol. The van der Waals surface area contributed by atoms with Gasteiger partial charge in [0.2, 0.25) is 0 Å². The number of hydrogen-bond donors (Lipinski definition) is 1. The van der Waals surface area contributed by atoms with Crippen LogP contribution in [0.25, 0.3) is 0 Å². The highest BCUT2D eigenvalue weighted by Gasteiger charge is 2.16. The molecule has 0 aliphatic heterocycles. The molecule has 1 N–H and O–H groups in total. The van der Waals surface area contributed by atoms with E-state index in [4.69, 9.17) is 27.9 Å². The van der Waals surface area contributed by atoms with Gasteiger partial charge in [-0.25, -0.2) is 0 Å². The lowest BCUT2D eigenvalue weighted by atomic mass is 9.98. The molecule has 0 bridgehead atoms. The molecule has 0 saturated heterocycles. The fraction of sp³-hybridized carbons (Fsp3) is 0.250.